The lowest BCUT2D eigenvalue weighted by Crippen LogP contribution is -2.46. The second-order valence-corrected chi connectivity index (χ2v) is 9.15. The molecule has 1 saturated heterocycles. The standard InChI is InChI=1S/C12H17FN2O9S2/c1-12(13)9(24-26(3,20)21)7(6-22-25(2,18)19)23-10(12)15-5-4-8(16)14-11(15)17/h4-5,7,9-10H,6H2,1-3H3,(H,14,16,17)/t7-,9-,10-,12-/m1/s1. The minimum atomic E-state index is -4.16. The highest BCUT2D eigenvalue weighted by Gasteiger charge is 2.58. The van der Waals surface area contributed by atoms with Gasteiger partial charge in [-0.2, -0.15) is 16.8 Å². The molecule has 2 rings (SSSR count). The van der Waals surface area contributed by atoms with E-state index in [1.165, 1.54) is 0 Å². The molecular weight excluding hydrogens is 399 g/mol. The van der Waals surface area contributed by atoms with E-state index in [0.717, 1.165) is 25.4 Å². The number of aromatic nitrogens is 2. The van der Waals surface area contributed by atoms with Gasteiger partial charge in [-0.25, -0.2) is 9.18 Å². The Hall–Kier alpha value is -1.61. The van der Waals surface area contributed by atoms with Crippen LogP contribution in [0.3, 0.4) is 0 Å². The van der Waals surface area contributed by atoms with Crippen molar-refractivity contribution < 1.29 is 34.3 Å². The maximum Gasteiger partial charge on any atom is 0.330 e. The Labute approximate surface area is 147 Å². The van der Waals surface area contributed by atoms with Gasteiger partial charge in [0.25, 0.3) is 25.8 Å². The minimum Gasteiger partial charge on any atom is -0.346 e. The van der Waals surface area contributed by atoms with Crippen molar-refractivity contribution >= 4 is 20.2 Å². The molecule has 1 N–H and O–H groups in total. The summed E-state index contributed by atoms with van der Waals surface area (Å²) in [6.45, 7) is 0.179. The van der Waals surface area contributed by atoms with Gasteiger partial charge in [0.2, 0.25) is 0 Å². The smallest absolute Gasteiger partial charge is 0.330 e. The molecule has 1 aliphatic heterocycles. The van der Waals surface area contributed by atoms with Gasteiger partial charge in [0.05, 0.1) is 19.1 Å². The summed E-state index contributed by atoms with van der Waals surface area (Å²) in [5, 5.41) is 0. The molecule has 0 unspecified atom stereocenters. The number of hydrogen-bond acceptors (Lipinski definition) is 9. The van der Waals surface area contributed by atoms with Crippen LogP contribution in [0.4, 0.5) is 4.39 Å². The molecule has 148 valence electrons. The molecule has 26 heavy (non-hydrogen) atoms. The maximum atomic E-state index is 15.3. The molecule has 11 nitrogen and oxygen atoms in total. The second kappa shape index (κ2) is 6.84. The number of halogens is 1. The summed E-state index contributed by atoms with van der Waals surface area (Å²) >= 11 is 0. The van der Waals surface area contributed by atoms with Crippen molar-refractivity contribution in [3.63, 3.8) is 0 Å². The van der Waals surface area contributed by atoms with Gasteiger partial charge in [-0.3, -0.25) is 22.7 Å². The van der Waals surface area contributed by atoms with E-state index in [0.29, 0.717) is 10.8 Å². The van der Waals surface area contributed by atoms with Gasteiger partial charge >= 0.3 is 5.69 Å². The summed E-state index contributed by atoms with van der Waals surface area (Å²) in [7, 11) is -8.09. The zero-order valence-electron chi connectivity index (χ0n) is 13.9. The van der Waals surface area contributed by atoms with Gasteiger partial charge in [-0.15, -0.1) is 0 Å². The summed E-state index contributed by atoms with van der Waals surface area (Å²) in [5.74, 6) is 0. The fraction of sp³-hybridized carbons (Fsp3) is 0.667. The van der Waals surface area contributed by atoms with Crippen LogP contribution in [0.5, 0.6) is 0 Å². The molecule has 1 fully saturated rings. The molecule has 0 saturated carbocycles. The molecule has 0 amide bonds. The number of H-pyrrole nitrogens is 1. The van der Waals surface area contributed by atoms with Crippen molar-refractivity contribution in [3.8, 4) is 0 Å². The van der Waals surface area contributed by atoms with Crippen LogP contribution < -0.4 is 11.2 Å². The summed E-state index contributed by atoms with van der Waals surface area (Å²) in [4.78, 5) is 25.0. The number of nitrogens with one attached hydrogen (secondary N) is 1. The SMILES string of the molecule is C[C@@]1(F)[C@H](OS(C)(=O)=O)[C@@H](COS(C)(=O)=O)O[C@H]1n1ccc(=O)[nH]c1=O. The van der Waals surface area contributed by atoms with E-state index in [1.54, 1.807) is 0 Å². The monoisotopic (exact) mass is 416 g/mol. The Bertz CT molecular complexity index is 996. The quantitative estimate of drug-likeness (QED) is 0.545. The van der Waals surface area contributed by atoms with E-state index in [4.69, 9.17) is 8.92 Å². The first-order valence-corrected chi connectivity index (χ1v) is 10.7. The molecule has 0 radical (unpaired) electrons. The summed E-state index contributed by atoms with van der Waals surface area (Å²) in [6.07, 6.45) is -2.60. The van der Waals surface area contributed by atoms with Crippen LogP contribution in [0.25, 0.3) is 0 Å². The van der Waals surface area contributed by atoms with E-state index >= 15 is 4.39 Å². The van der Waals surface area contributed by atoms with Crippen molar-refractivity contribution in [2.45, 2.75) is 31.0 Å². The first kappa shape index (κ1) is 20.7. The zero-order chi connectivity index (χ0) is 19.9. The topological polar surface area (TPSA) is 151 Å². The van der Waals surface area contributed by atoms with E-state index in [2.05, 4.69) is 4.18 Å². The number of nitrogens with zero attached hydrogens (tertiary/aromatic N) is 1. The Morgan fingerprint density at radius 1 is 1.27 bits per heavy atom. The van der Waals surface area contributed by atoms with Gasteiger partial charge in [0.1, 0.15) is 12.2 Å². The van der Waals surface area contributed by atoms with Crippen LogP contribution in [0, 0.1) is 0 Å². The van der Waals surface area contributed by atoms with Gasteiger partial charge in [-0.05, 0) is 6.92 Å². The largest absolute Gasteiger partial charge is 0.346 e. The van der Waals surface area contributed by atoms with Crippen LogP contribution in [-0.2, 0) is 33.3 Å². The van der Waals surface area contributed by atoms with Gasteiger partial charge in [0, 0.05) is 12.3 Å². The van der Waals surface area contributed by atoms with E-state index in [1.807, 2.05) is 4.98 Å². The predicted octanol–water partition coefficient (Wildman–Crippen LogP) is -1.52. The highest BCUT2D eigenvalue weighted by molar-refractivity contribution is 7.86. The summed E-state index contributed by atoms with van der Waals surface area (Å²) < 4.78 is 75.8. The molecule has 4 atom stereocenters. The fourth-order valence-electron chi connectivity index (χ4n) is 2.49. The lowest BCUT2D eigenvalue weighted by molar-refractivity contribution is -0.0580. The third-order valence-corrected chi connectivity index (χ3v) is 4.63. The fourth-order valence-corrected chi connectivity index (χ4v) is 3.56. The molecule has 1 aromatic rings. The van der Waals surface area contributed by atoms with Crippen LogP contribution in [0.2, 0.25) is 0 Å². The first-order valence-electron chi connectivity index (χ1n) is 7.09. The molecule has 2 heterocycles. The Morgan fingerprint density at radius 3 is 2.38 bits per heavy atom. The lowest BCUT2D eigenvalue weighted by Gasteiger charge is -2.26. The van der Waals surface area contributed by atoms with Crippen molar-refractivity contribution in [2.75, 3.05) is 19.1 Å². The molecule has 0 aliphatic carbocycles. The number of alkyl halides is 1. The van der Waals surface area contributed by atoms with Crippen LogP contribution in [0.15, 0.2) is 21.9 Å². The Balaban J connectivity index is 2.45. The number of ether oxygens (including phenoxy) is 1. The minimum absolute atomic E-state index is 0.678. The molecule has 14 heteroatoms. The Morgan fingerprint density at radius 2 is 1.88 bits per heavy atom. The number of rotatable bonds is 6. The molecule has 1 aromatic heterocycles. The zero-order valence-corrected chi connectivity index (χ0v) is 15.5. The third kappa shape index (κ3) is 4.76. The maximum absolute atomic E-state index is 15.3. The normalized spacial score (nSPS) is 29.8. The Kier molecular flexibility index (Phi) is 5.45. The molecule has 1 aliphatic rings. The van der Waals surface area contributed by atoms with Crippen molar-refractivity contribution in [1.82, 2.24) is 9.55 Å². The van der Waals surface area contributed by atoms with Crippen LogP contribution in [0.1, 0.15) is 13.2 Å². The van der Waals surface area contributed by atoms with Gasteiger partial charge in [-0.1, -0.05) is 0 Å². The molecular formula is C12H17FN2O9S2. The molecule has 0 bridgehead atoms. The highest BCUT2D eigenvalue weighted by Crippen LogP contribution is 2.43. The van der Waals surface area contributed by atoms with E-state index in [-0.39, 0.29) is 0 Å². The first-order chi connectivity index (χ1) is 11.7. The molecule has 0 aromatic carbocycles. The summed E-state index contributed by atoms with van der Waals surface area (Å²) in [6, 6.07) is 0.938. The van der Waals surface area contributed by atoms with Crippen molar-refractivity contribution in [1.29, 1.82) is 0 Å². The highest BCUT2D eigenvalue weighted by atomic mass is 32.2. The van der Waals surface area contributed by atoms with E-state index < -0.39 is 62.2 Å². The van der Waals surface area contributed by atoms with Crippen LogP contribution >= 0.6 is 0 Å². The predicted molar refractivity (Wildman–Crippen MR) is 85.3 cm³/mol. The van der Waals surface area contributed by atoms with E-state index in [9.17, 15) is 26.4 Å². The van der Waals surface area contributed by atoms with Gasteiger partial charge < -0.3 is 4.74 Å². The average molecular weight is 416 g/mol. The average Bonchev–Trinajstić information content (AvgIpc) is 2.67. The number of hydrogen-bond donors (Lipinski definition) is 1. The third-order valence-electron chi connectivity index (χ3n) is 3.51. The van der Waals surface area contributed by atoms with Gasteiger partial charge in [0.15, 0.2) is 11.9 Å². The van der Waals surface area contributed by atoms with Crippen molar-refractivity contribution in [3.05, 3.63) is 33.1 Å². The summed E-state index contributed by atoms with van der Waals surface area (Å²) in [5.41, 5.74) is -4.32. The van der Waals surface area contributed by atoms with Crippen LogP contribution in [-0.4, -0.2) is 63.4 Å². The molecule has 0 spiro atoms. The lowest BCUT2D eigenvalue weighted by atomic mass is 9.98. The second-order valence-electron chi connectivity index (χ2n) is 5.91. The number of aromatic amines is 1. The van der Waals surface area contributed by atoms with Crippen molar-refractivity contribution in [2.24, 2.45) is 0 Å².